The largest absolute Gasteiger partial charge is 0.391 e. The first-order valence-corrected chi connectivity index (χ1v) is 6.83. The number of rotatable bonds is 5. The maximum Gasteiger partial charge on any atom is 0.332 e. The molecular formula is C13H20N4O3. The highest BCUT2D eigenvalue weighted by atomic mass is 16.3. The van der Waals surface area contributed by atoms with Crippen LogP contribution in [0.15, 0.2) is 15.9 Å². The predicted octanol–water partition coefficient (Wildman–Crippen LogP) is 0.0776. The molecular weight excluding hydrogens is 260 g/mol. The second kappa shape index (κ2) is 5.62. The highest BCUT2D eigenvalue weighted by Crippen LogP contribution is 2.06. The Morgan fingerprint density at radius 1 is 1.35 bits per heavy atom. The summed E-state index contributed by atoms with van der Waals surface area (Å²) in [7, 11) is 1.59. The number of aromatic nitrogens is 4. The number of fused-ring (bicyclic) bond motifs is 1. The highest BCUT2D eigenvalue weighted by molar-refractivity contribution is 5.69. The maximum atomic E-state index is 12.5. The normalized spacial score (nSPS) is 13.0. The van der Waals surface area contributed by atoms with Crippen molar-refractivity contribution in [1.82, 2.24) is 18.7 Å². The molecule has 0 radical (unpaired) electrons. The maximum absolute atomic E-state index is 12.5. The van der Waals surface area contributed by atoms with Crippen LogP contribution in [-0.2, 0) is 20.1 Å². The minimum Gasteiger partial charge on any atom is -0.391 e. The van der Waals surface area contributed by atoms with Crippen molar-refractivity contribution in [2.24, 2.45) is 7.05 Å². The van der Waals surface area contributed by atoms with E-state index in [1.165, 1.54) is 4.57 Å². The molecule has 2 aromatic heterocycles. The summed E-state index contributed by atoms with van der Waals surface area (Å²) in [4.78, 5) is 28.8. The molecule has 2 rings (SSSR count). The van der Waals surface area contributed by atoms with Crippen LogP contribution in [0.2, 0.25) is 0 Å². The van der Waals surface area contributed by atoms with E-state index in [1.54, 1.807) is 24.9 Å². The third-order valence-electron chi connectivity index (χ3n) is 3.43. The van der Waals surface area contributed by atoms with Crippen molar-refractivity contribution in [2.75, 3.05) is 0 Å². The van der Waals surface area contributed by atoms with Gasteiger partial charge in [-0.1, -0.05) is 13.8 Å². The van der Waals surface area contributed by atoms with Crippen LogP contribution in [0.5, 0.6) is 0 Å². The topological polar surface area (TPSA) is 82.1 Å². The van der Waals surface area contributed by atoms with E-state index < -0.39 is 11.8 Å². The van der Waals surface area contributed by atoms with Crippen LogP contribution in [-0.4, -0.2) is 29.9 Å². The molecule has 20 heavy (non-hydrogen) atoms. The predicted molar refractivity (Wildman–Crippen MR) is 75.8 cm³/mol. The smallest absolute Gasteiger partial charge is 0.332 e. The van der Waals surface area contributed by atoms with Crippen molar-refractivity contribution in [1.29, 1.82) is 0 Å². The Balaban J connectivity index is 2.72. The summed E-state index contributed by atoms with van der Waals surface area (Å²) in [6, 6.07) is 0. The summed E-state index contributed by atoms with van der Waals surface area (Å²) >= 11 is 0. The number of aryl methyl sites for hydroxylation is 2. The Morgan fingerprint density at radius 2 is 2.05 bits per heavy atom. The average Bonchev–Trinajstić information content (AvgIpc) is 2.85. The molecule has 0 aliphatic heterocycles. The fraction of sp³-hybridized carbons (Fsp3) is 0.615. The van der Waals surface area contributed by atoms with Crippen molar-refractivity contribution in [3.05, 3.63) is 27.2 Å². The lowest BCUT2D eigenvalue weighted by Gasteiger charge is -2.12. The fourth-order valence-corrected chi connectivity index (χ4v) is 2.23. The van der Waals surface area contributed by atoms with E-state index in [9.17, 15) is 14.7 Å². The summed E-state index contributed by atoms with van der Waals surface area (Å²) in [5.74, 6) is 0. The van der Waals surface area contributed by atoms with E-state index in [2.05, 4.69) is 4.98 Å². The van der Waals surface area contributed by atoms with Crippen LogP contribution in [0.4, 0.5) is 0 Å². The molecule has 0 aliphatic rings. The van der Waals surface area contributed by atoms with Crippen molar-refractivity contribution in [2.45, 2.75) is 45.9 Å². The fourth-order valence-electron chi connectivity index (χ4n) is 2.23. The second-order valence-electron chi connectivity index (χ2n) is 4.93. The van der Waals surface area contributed by atoms with Gasteiger partial charge < -0.3 is 9.67 Å². The second-order valence-corrected chi connectivity index (χ2v) is 4.93. The van der Waals surface area contributed by atoms with Gasteiger partial charge in [0.05, 0.1) is 19.0 Å². The molecule has 2 heterocycles. The quantitative estimate of drug-likeness (QED) is 0.840. The zero-order chi connectivity index (χ0) is 14.9. The minimum atomic E-state index is -0.708. The van der Waals surface area contributed by atoms with Gasteiger partial charge in [-0.15, -0.1) is 0 Å². The molecule has 0 spiro atoms. The molecule has 1 N–H and O–H groups in total. The van der Waals surface area contributed by atoms with Crippen LogP contribution < -0.4 is 11.2 Å². The molecule has 110 valence electrons. The van der Waals surface area contributed by atoms with Gasteiger partial charge in [-0.25, -0.2) is 9.78 Å². The van der Waals surface area contributed by atoms with Crippen LogP contribution in [0.1, 0.15) is 26.7 Å². The Hall–Kier alpha value is -1.89. The van der Waals surface area contributed by atoms with E-state index in [4.69, 9.17) is 0 Å². The number of nitrogens with zero attached hydrogens (tertiary/aromatic N) is 4. The average molecular weight is 280 g/mol. The van der Waals surface area contributed by atoms with Crippen LogP contribution in [0, 0.1) is 0 Å². The lowest BCUT2D eigenvalue weighted by atomic mass is 10.3. The van der Waals surface area contributed by atoms with Gasteiger partial charge in [-0.2, -0.15) is 0 Å². The number of hydrogen-bond donors (Lipinski definition) is 1. The molecule has 7 nitrogen and oxygen atoms in total. The number of aliphatic hydroxyl groups is 1. The van der Waals surface area contributed by atoms with Gasteiger partial charge in [0.1, 0.15) is 0 Å². The third kappa shape index (κ3) is 2.29. The summed E-state index contributed by atoms with van der Waals surface area (Å²) in [5, 5.41) is 9.72. The first-order chi connectivity index (χ1) is 9.51. The van der Waals surface area contributed by atoms with E-state index in [0.717, 1.165) is 11.0 Å². The minimum absolute atomic E-state index is 0.00918. The van der Waals surface area contributed by atoms with Gasteiger partial charge in [0.15, 0.2) is 11.2 Å². The molecule has 1 atom stereocenters. The van der Waals surface area contributed by atoms with E-state index >= 15 is 0 Å². The van der Waals surface area contributed by atoms with Gasteiger partial charge >= 0.3 is 5.69 Å². The van der Waals surface area contributed by atoms with Gasteiger partial charge in [0.25, 0.3) is 5.56 Å². The van der Waals surface area contributed by atoms with Crippen molar-refractivity contribution in [3.63, 3.8) is 0 Å². The molecule has 0 saturated carbocycles. The Labute approximate surface area is 116 Å². The Morgan fingerprint density at radius 3 is 2.65 bits per heavy atom. The molecule has 0 bridgehead atoms. The van der Waals surface area contributed by atoms with Crippen LogP contribution in [0.3, 0.4) is 0 Å². The monoisotopic (exact) mass is 280 g/mol. The van der Waals surface area contributed by atoms with Crippen LogP contribution in [0.25, 0.3) is 11.2 Å². The number of aliphatic hydroxyl groups excluding tert-OH is 1. The van der Waals surface area contributed by atoms with Crippen molar-refractivity contribution >= 4 is 11.2 Å². The van der Waals surface area contributed by atoms with E-state index in [0.29, 0.717) is 24.1 Å². The zero-order valence-corrected chi connectivity index (χ0v) is 12.0. The van der Waals surface area contributed by atoms with Gasteiger partial charge in [-0.3, -0.25) is 13.9 Å². The van der Waals surface area contributed by atoms with Gasteiger partial charge in [-0.05, 0) is 12.8 Å². The summed E-state index contributed by atoms with van der Waals surface area (Å²) in [6.07, 6.45) is 2.23. The molecule has 2 aromatic rings. The van der Waals surface area contributed by atoms with Crippen LogP contribution >= 0.6 is 0 Å². The third-order valence-corrected chi connectivity index (χ3v) is 3.43. The number of hydrogen-bond acceptors (Lipinski definition) is 4. The first kappa shape index (κ1) is 14.5. The summed E-state index contributed by atoms with van der Waals surface area (Å²) in [5.41, 5.74) is -0.0359. The molecule has 0 aliphatic carbocycles. The molecule has 0 unspecified atom stereocenters. The molecule has 0 amide bonds. The molecule has 0 fully saturated rings. The molecule has 7 heteroatoms. The molecule has 0 saturated heterocycles. The summed E-state index contributed by atoms with van der Waals surface area (Å²) in [6.45, 7) is 4.49. The lowest BCUT2D eigenvalue weighted by molar-refractivity contribution is 0.146. The Kier molecular flexibility index (Phi) is 4.08. The number of imidazole rings is 1. The van der Waals surface area contributed by atoms with Crippen molar-refractivity contribution < 1.29 is 5.11 Å². The zero-order valence-electron chi connectivity index (χ0n) is 12.0. The van der Waals surface area contributed by atoms with Gasteiger partial charge in [0, 0.05) is 13.6 Å². The lowest BCUT2D eigenvalue weighted by Crippen LogP contribution is -2.42. The van der Waals surface area contributed by atoms with E-state index in [1.807, 2.05) is 6.92 Å². The first-order valence-electron chi connectivity index (χ1n) is 6.83. The van der Waals surface area contributed by atoms with Crippen molar-refractivity contribution in [3.8, 4) is 0 Å². The Bertz CT molecular complexity index is 726. The van der Waals surface area contributed by atoms with E-state index in [-0.39, 0.29) is 12.1 Å². The SMILES string of the molecule is CCCn1cnc2c1c(=O)n(C[C@H](O)CC)c(=O)n2C. The highest BCUT2D eigenvalue weighted by Gasteiger charge is 2.17. The summed E-state index contributed by atoms with van der Waals surface area (Å²) < 4.78 is 4.20. The van der Waals surface area contributed by atoms with Gasteiger partial charge in [0.2, 0.25) is 0 Å². The molecule has 0 aromatic carbocycles. The standard InChI is InChI=1S/C13H20N4O3/c1-4-6-16-8-14-11-10(16)12(19)17(7-9(18)5-2)13(20)15(11)3/h8-9,18H,4-7H2,1-3H3/t9-/m1/s1.